The second kappa shape index (κ2) is 12.6. The average molecular weight is 628 g/mol. The van der Waals surface area contributed by atoms with Crippen LogP contribution >= 0.6 is 34.2 Å². The van der Waals surface area contributed by atoms with Crippen LogP contribution in [0.5, 0.6) is 5.75 Å². The average Bonchev–Trinajstić information content (AvgIpc) is 3.27. The number of fused-ring (bicyclic) bond motifs is 1. The quantitative estimate of drug-likeness (QED) is 0.167. The van der Waals surface area contributed by atoms with Gasteiger partial charge in [-0.3, -0.25) is 0 Å². The Kier molecular flexibility index (Phi) is 9.06. The van der Waals surface area contributed by atoms with Crippen molar-refractivity contribution in [2.75, 3.05) is 19.6 Å². The smallest absolute Gasteiger partial charge is 0.148 e. The first-order chi connectivity index (χ1) is 18.0. The maximum atomic E-state index is 6.08. The van der Waals surface area contributed by atoms with Gasteiger partial charge in [0.05, 0.1) is 11.0 Å². The number of para-hydroxylation sites is 1. The number of aromatic nitrogens is 2. The summed E-state index contributed by atoms with van der Waals surface area (Å²) in [5.41, 5.74) is 4.95. The standard InChI is InChI=1S/C31H35ClIN3O/c1-23-4-2-6-29-31(23)34-30(22-37-28-13-9-26(32)10-14-28)36(29)18-3-5-24-15-19-35(20-16-24)21-17-25-7-11-27(33)12-8-25/h2,4,6-14,24H,3,5,15-22H2,1H3. The Hall–Kier alpha value is -2.09. The molecule has 0 saturated carbocycles. The lowest BCUT2D eigenvalue weighted by Gasteiger charge is -2.32. The molecule has 0 spiro atoms. The third-order valence-electron chi connectivity index (χ3n) is 7.57. The number of benzene rings is 3. The molecule has 1 aromatic heterocycles. The fraction of sp³-hybridized carbons (Fsp3) is 0.387. The molecular formula is C31H35ClIN3O. The molecule has 0 N–H and O–H groups in total. The summed E-state index contributed by atoms with van der Waals surface area (Å²) in [7, 11) is 0. The molecule has 5 rings (SSSR count). The van der Waals surface area contributed by atoms with E-state index >= 15 is 0 Å². The van der Waals surface area contributed by atoms with Gasteiger partial charge >= 0.3 is 0 Å². The number of imidazole rings is 1. The third-order valence-corrected chi connectivity index (χ3v) is 8.54. The van der Waals surface area contributed by atoms with Gasteiger partial charge in [-0.2, -0.15) is 0 Å². The normalized spacial score (nSPS) is 14.9. The van der Waals surface area contributed by atoms with Crippen LogP contribution in [0.15, 0.2) is 66.7 Å². The molecule has 0 radical (unpaired) electrons. The minimum atomic E-state index is 0.453. The van der Waals surface area contributed by atoms with Crippen LogP contribution in [0.4, 0.5) is 0 Å². The highest BCUT2D eigenvalue weighted by Gasteiger charge is 2.19. The van der Waals surface area contributed by atoms with E-state index in [-0.39, 0.29) is 0 Å². The first kappa shape index (κ1) is 26.5. The summed E-state index contributed by atoms with van der Waals surface area (Å²) in [6.45, 7) is 7.19. The van der Waals surface area contributed by atoms with Gasteiger partial charge in [0.15, 0.2) is 0 Å². The number of piperidine rings is 1. The minimum Gasteiger partial charge on any atom is -0.486 e. The van der Waals surface area contributed by atoms with Gasteiger partial charge in [-0.25, -0.2) is 4.98 Å². The number of hydrogen-bond donors (Lipinski definition) is 0. The first-order valence-corrected chi connectivity index (χ1v) is 14.8. The number of rotatable bonds is 10. The maximum absolute atomic E-state index is 6.08. The van der Waals surface area contributed by atoms with E-state index in [1.807, 2.05) is 24.3 Å². The number of ether oxygens (including phenoxy) is 1. The molecule has 6 heteroatoms. The monoisotopic (exact) mass is 627 g/mol. The molecule has 0 unspecified atom stereocenters. The van der Waals surface area contributed by atoms with Crippen molar-refractivity contribution in [3.05, 3.63) is 92.3 Å². The molecular weight excluding hydrogens is 593 g/mol. The summed E-state index contributed by atoms with van der Waals surface area (Å²) in [4.78, 5) is 7.62. The lowest BCUT2D eigenvalue weighted by atomic mass is 9.92. The molecule has 0 atom stereocenters. The summed E-state index contributed by atoms with van der Waals surface area (Å²) < 4.78 is 9.76. The molecule has 4 aromatic rings. The number of halogens is 2. The number of likely N-dealkylation sites (tertiary alicyclic amines) is 1. The van der Waals surface area contributed by atoms with Gasteiger partial charge in [-0.1, -0.05) is 35.9 Å². The van der Waals surface area contributed by atoms with Gasteiger partial charge in [0.25, 0.3) is 0 Å². The SMILES string of the molecule is Cc1cccc2c1nc(COc1ccc(Cl)cc1)n2CCCC1CCN(CCc2ccc(I)cc2)CC1. The Morgan fingerprint density at radius 1 is 0.973 bits per heavy atom. The van der Waals surface area contributed by atoms with Crippen LogP contribution in [0.2, 0.25) is 5.02 Å². The van der Waals surface area contributed by atoms with Crippen molar-refractivity contribution in [1.82, 2.24) is 14.5 Å². The molecule has 1 aliphatic heterocycles. The molecule has 3 aromatic carbocycles. The molecule has 2 heterocycles. The molecule has 1 fully saturated rings. The number of hydrogen-bond acceptors (Lipinski definition) is 3. The van der Waals surface area contributed by atoms with Crippen LogP contribution < -0.4 is 4.74 Å². The highest BCUT2D eigenvalue weighted by Crippen LogP contribution is 2.26. The topological polar surface area (TPSA) is 30.3 Å². The van der Waals surface area contributed by atoms with E-state index in [2.05, 4.69) is 81.4 Å². The van der Waals surface area contributed by atoms with E-state index in [4.69, 9.17) is 21.3 Å². The number of aryl methyl sites for hydroxylation is 2. The van der Waals surface area contributed by atoms with Crippen LogP contribution in [0, 0.1) is 16.4 Å². The summed E-state index contributed by atoms with van der Waals surface area (Å²) in [5, 5.41) is 0.715. The Morgan fingerprint density at radius 3 is 2.49 bits per heavy atom. The third kappa shape index (κ3) is 7.06. The van der Waals surface area contributed by atoms with Crippen molar-refractivity contribution < 1.29 is 4.74 Å². The van der Waals surface area contributed by atoms with Crippen LogP contribution in [-0.2, 0) is 19.6 Å². The molecule has 0 bridgehead atoms. The van der Waals surface area contributed by atoms with Crippen molar-refractivity contribution >= 4 is 45.2 Å². The Bertz CT molecular complexity index is 1290. The highest BCUT2D eigenvalue weighted by atomic mass is 127. The minimum absolute atomic E-state index is 0.453. The van der Waals surface area contributed by atoms with Crippen LogP contribution in [-0.4, -0.2) is 34.1 Å². The van der Waals surface area contributed by atoms with Crippen LogP contribution in [0.25, 0.3) is 11.0 Å². The fourth-order valence-corrected chi connectivity index (χ4v) is 5.83. The zero-order chi connectivity index (χ0) is 25.6. The molecule has 194 valence electrons. The van der Waals surface area contributed by atoms with Crippen molar-refractivity contribution in [2.45, 2.75) is 52.2 Å². The zero-order valence-corrected chi connectivity index (χ0v) is 24.4. The summed E-state index contributed by atoms with van der Waals surface area (Å²) in [6, 6.07) is 22.9. The summed E-state index contributed by atoms with van der Waals surface area (Å²) >= 11 is 8.40. The summed E-state index contributed by atoms with van der Waals surface area (Å²) in [5.74, 6) is 2.62. The van der Waals surface area contributed by atoms with E-state index in [0.717, 1.165) is 36.0 Å². The zero-order valence-electron chi connectivity index (χ0n) is 21.5. The largest absolute Gasteiger partial charge is 0.486 e. The Balaban J connectivity index is 1.14. The molecule has 4 nitrogen and oxygen atoms in total. The molecule has 1 aliphatic rings. The predicted molar refractivity (Wildman–Crippen MR) is 162 cm³/mol. The van der Waals surface area contributed by atoms with Crippen molar-refractivity contribution in [1.29, 1.82) is 0 Å². The van der Waals surface area contributed by atoms with E-state index in [1.54, 1.807) is 0 Å². The highest BCUT2D eigenvalue weighted by molar-refractivity contribution is 14.1. The number of nitrogens with zero attached hydrogens (tertiary/aromatic N) is 3. The van der Waals surface area contributed by atoms with Crippen LogP contribution in [0.3, 0.4) is 0 Å². The Morgan fingerprint density at radius 2 is 1.73 bits per heavy atom. The molecule has 0 aliphatic carbocycles. The van der Waals surface area contributed by atoms with Crippen molar-refractivity contribution in [3.63, 3.8) is 0 Å². The van der Waals surface area contributed by atoms with Crippen molar-refractivity contribution in [3.8, 4) is 5.75 Å². The van der Waals surface area contributed by atoms with E-state index in [1.165, 1.54) is 65.5 Å². The first-order valence-electron chi connectivity index (χ1n) is 13.3. The Labute approximate surface area is 239 Å². The lowest BCUT2D eigenvalue weighted by Crippen LogP contribution is -2.35. The summed E-state index contributed by atoms with van der Waals surface area (Å²) in [6.07, 6.45) is 6.20. The van der Waals surface area contributed by atoms with Gasteiger partial charge < -0.3 is 14.2 Å². The fourth-order valence-electron chi connectivity index (χ4n) is 5.35. The lowest BCUT2D eigenvalue weighted by molar-refractivity contribution is 0.178. The molecule has 37 heavy (non-hydrogen) atoms. The van der Waals surface area contributed by atoms with Crippen molar-refractivity contribution in [2.24, 2.45) is 5.92 Å². The van der Waals surface area contributed by atoms with Gasteiger partial charge in [0.1, 0.15) is 18.2 Å². The van der Waals surface area contributed by atoms with Gasteiger partial charge in [-0.05, 0) is 134 Å². The van der Waals surface area contributed by atoms with E-state index < -0.39 is 0 Å². The molecule has 1 saturated heterocycles. The van der Waals surface area contributed by atoms with Gasteiger partial charge in [0.2, 0.25) is 0 Å². The molecule has 0 amide bonds. The second-order valence-corrected chi connectivity index (χ2v) is 11.9. The maximum Gasteiger partial charge on any atom is 0.148 e. The predicted octanol–water partition coefficient (Wildman–Crippen LogP) is 7.92. The van der Waals surface area contributed by atoms with E-state index in [9.17, 15) is 0 Å². The van der Waals surface area contributed by atoms with E-state index in [0.29, 0.717) is 11.6 Å². The van der Waals surface area contributed by atoms with Crippen LogP contribution in [0.1, 0.15) is 42.6 Å². The van der Waals surface area contributed by atoms with Gasteiger partial charge in [-0.15, -0.1) is 0 Å². The second-order valence-electron chi connectivity index (χ2n) is 10.2. The van der Waals surface area contributed by atoms with Gasteiger partial charge in [0, 0.05) is 21.7 Å².